The van der Waals surface area contributed by atoms with Crippen LogP contribution in [0, 0.1) is 6.92 Å². The van der Waals surface area contributed by atoms with Gasteiger partial charge in [0.15, 0.2) is 0 Å². The lowest BCUT2D eigenvalue weighted by Gasteiger charge is -2.10. The molecule has 0 heterocycles. The van der Waals surface area contributed by atoms with Gasteiger partial charge in [0.1, 0.15) is 11.5 Å². The number of rotatable bonds is 9. The Morgan fingerprint density at radius 3 is 2.10 bits per heavy atom. The first-order chi connectivity index (χ1) is 14.1. The van der Waals surface area contributed by atoms with Crippen molar-refractivity contribution in [1.82, 2.24) is 0 Å². The van der Waals surface area contributed by atoms with Crippen LogP contribution in [0.5, 0.6) is 11.5 Å². The van der Waals surface area contributed by atoms with Crippen molar-refractivity contribution in [2.24, 2.45) is 0 Å². The Hall–Kier alpha value is -2.98. The van der Waals surface area contributed by atoms with Gasteiger partial charge in [0, 0.05) is 16.3 Å². The Morgan fingerprint density at radius 2 is 1.45 bits per heavy atom. The quantitative estimate of drug-likeness (QED) is 0.432. The van der Waals surface area contributed by atoms with E-state index in [9.17, 15) is 4.79 Å². The van der Waals surface area contributed by atoms with Gasteiger partial charge in [0.05, 0.1) is 13.2 Å². The summed E-state index contributed by atoms with van der Waals surface area (Å²) in [5, 5.41) is 3.51. The summed E-state index contributed by atoms with van der Waals surface area (Å²) >= 11 is 6.10. The van der Waals surface area contributed by atoms with E-state index in [1.54, 1.807) is 30.3 Å². The van der Waals surface area contributed by atoms with Crippen LogP contribution in [-0.4, -0.2) is 19.1 Å². The third-order valence-corrected chi connectivity index (χ3v) is 4.86. The summed E-state index contributed by atoms with van der Waals surface area (Å²) in [5.74, 6) is 1.44. The van der Waals surface area contributed by atoms with E-state index in [1.807, 2.05) is 49.4 Å². The molecule has 5 heteroatoms. The van der Waals surface area contributed by atoms with Gasteiger partial charge in [-0.25, -0.2) is 0 Å². The van der Waals surface area contributed by atoms with E-state index in [2.05, 4.69) is 5.32 Å². The van der Waals surface area contributed by atoms with Gasteiger partial charge in [0.25, 0.3) is 5.91 Å². The number of anilines is 1. The molecule has 0 aliphatic rings. The van der Waals surface area contributed by atoms with Crippen molar-refractivity contribution < 1.29 is 14.3 Å². The van der Waals surface area contributed by atoms with Crippen molar-refractivity contribution in [2.75, 3.05) is 18.5 Å². The molecule has 3 aromatic rings. The Bertz CT molecular complexity index is 927. The molecule has 0 aromatic heterocycles. The highest BCUT2D eigenvalue weighted by Crippen LogP contribution is 2.23. The highest BCUT2D eigenvalue weighted by Gasteiger charge is 2.09. The smallest absolute Gasteiger partial charge is 0.255 e. The number of carbonyl (C=O) groups excluding carboxylic acids is 1. The Balaban J connectivity index is 1.40. The Labute approximate surface area is 176 Å². The first-order valence-corrected chi connectivity index (χ1v) is 9.98. The molecule has 0 unspecified atom stereocenters. The van der Waals surface area contributed by atoms with Gasteiger partial charge in [-0.05, 0) is 73.9 Å². The molecule has 0 saturated heterocycles. The van der Waals surface area contributed by atoms with E-state index in [0.717, 1.165) is 29.9 Å². The number of para-hydroxylation sites is 1. The van der Waals surface area contributed by atoms with E-state index >= 15 is 0 Å². The van der Waals surface area contributed by atoms with Gasteiger partial charge in [-0.15, -0.1) is 0 Å². The molecule has 1 amide bonds. The first kappa shape index (κ1) is 20.7. The van der Waals surface area contributed by atoms with Gasteiger partial charge in [-0.2, -0.15) is 0 Å². The number of hydrogen-bond donors (Lipinski definition) is 1. The maximum atomic E-state index is 12.4. The molecule has 1 N–H and O–H groups in total. The van der Waals surface area contributed by atoms with Crippen LogP contribution in [0.3, 0.4) is 0 Å². The van der Waals surface area contributed by atoms with Crippen molar-refractivity contribution in [1.29, 1.82) is 0 Å². The molecule has 3 aromatic carbocycles. The number of ether oxygens (including phenoxy) is 2. The minimum absolute atomic E-state index is 0.181. The molecule has 0 spiro atoms. The molecule has 29 heavy (non-hydrogen) atoms. The summed E-state index contributed by atoms with van der Waals surface area (Å²) in [6.45, 7) is 3.14. The Kier molecular flexibility index (Phi) is 7.54. The molecule has 0 aliphatic carbocycles. The van der Waals surface area contributed by atoms with Crippen LogP contribution >= 0.6 is 11.6 Å². The summed E-state index contributed by atoms with van der Waals surface area (Å²) in [6.07, 6.45) is 1.80. The fourth-order valence-corrected chi connectivity index (χ4v) is 2.92. The zero-order valence-electron chi connectivity index (χ0n) is 16.4. The van der Waals surface area contributed by atoms with E-state index < -0.39 is 0 Å². The Morgan fingerprint density at radius 1 is 0.828 bits per heavy atom. The molecule has 0 fully saturated rings. The number of benzene rings is 3. The van der Waals surface area contributed by atoms with E-state index in [-0.39, 0.29) is 5.91 Å². The lowest BCUT2D eigenvalue weighted by molar-refractivity contribution is 0.102. The van der Waals surface area contributed by atoms with Gasteiger partial charge >= 0.3 is 0 Å². The van der Waals surface area contributed by atoms with Crippen LogP contribution in [0.4, 0.5) is 5.69 Å². The summed E-state index contributed by atoms with van der Waals surface area (Å²) in [5.41, 5.74) is 2.12. The van der Waals surface area contributed by atoms with E-state index in [1.165, 1.54) is 0 Å². The molecule has 4 nitrogen and oxygen atoms in total. The molecule has 0 aliphatic heterocycles. The van der Waals surface area contributed by atoms with Crippen molar-refractivity contribution in [3.63, 3.8) is 0 Å². The van der Waals surface area contributed by atoms with Crippen molar-refractivity contribution >= 4 is 23.2 Å². The zero-order valence-corrected chi connectivity index (χ0v) is 17.1. The van der Waals surface area contributed by atoms with Crippen LogP contribution in [0.2, 0.25) is 5.02 Å². The molecule has 0 radical (unpaired) electrons. The zero-order chi connectivity index (χ0) is 20.5. The number of hydrogen-bond acceptors (Lipinski definition) is 3. The topological polar surface area (TPSA) is 47.6 Å². The first-order valence-electron chi connectivity index (χ1n) is 9.60. The minimum Gasteiger partial charge on any atom is -0.494 e. The maximum Gasteiger partial charge on any atom is 0.255 e. The second-order valence-electron chi connectivity index (χ2n) is 6.61. The number of carbonyl (C=O) groups is 1. The lowest BCUT2D eigenvalue weighted by atomic mass is 10.1. The monoisotopic (exact) mass is 409 g/mol. The predicted octanol–water partition coefficient (Wildman–Crippen LogP) is 6.14. The lowest BCUT2D eigenvalue weighted by Crippen LogP contribution is -2.12. The normalized spacial score (nSPS) is 10.4. The second kappa shape index (κ2) is 10.5. The molecular formula is C24H24ClNO3. The fraction of sp³-hybridized carbons (Fsp3) is 0.208. The third-order valence-electron chi connectivity index (χ3n) is 4.45. The second-order valence-corrected chi connectivity index (χ2v) is 7.02. The number of amides is 1. The minimum atomic E-state index is -0.181. The summed E-state index contributed by atoms with van der Waals surface area (Å²) in [6, 6.07) is 22.3. The van der Waals surface area contributed by atoms with Gasteiger partial charge in [-0.3, -0.25) is 4.79 Å². The summed E-state index contributed by atoms with van der Waals surface area (Å²) in [4.78, 5) is 12.4. The molecular weight excluding hydrogens is 386 g/mol. The SMILES string of the molecule is Cc1c(Cl)cccc1NC(=O)c1ccc(OCCCCOc2ccccc2)cc1. The number of unbranched alkanes of at least 4 members (excludes halogenated alkanes) is 1. The van der Waals surface area contributed by atoms with Crippen molar-refractivity contribution in [2.45, 2.75) is 19.8 Å². The predicted molar refractivity (Wildman–Crippen MR) is 117 cm³/mol. The highest BCUT2D eigenvalue weighted by molar-refractivity contribution is 6.31. The van der Waals surface area contributed by atoms with E-state index in [0.29, 0.717) is 29.5 Å². The van der Waals surface area contributed by atoms with Crippen LogP contribution in [0.1, 0.15) is 28.8 Å². The average molecular weight is 410 g/mol. The van der Waals surface area contributed by atoms with Gasteiger partial charge < -0.3 is 14.8 Å². The van der Waals surface area contributed by atoms with Gasteiger partial charge in [0.2, 0.25) is 0 Å². The largest absolute Gasteiger partial charge is 0.494 e. The third kappa shape index (κ3) is 6.26. The summed E-state index contributed by atoms with van der Waals surface area (Å²) < 4.78 is 11.4. The van der Waals surface area contributed by atoms with Crippen molar-refractivity contribution in [3.05, 3.63) is 88.9 Å². The fourth-order valence-electron chi connectivity index (χ4n) is 2.74. The summed E-state index contributed by atoms with van der Waals surface area (Å²) in [7, 11) is 0. The molecule has 0 bridgehead atoms. The molecule has 3 rings (SSSR count). The standard InChI is InChI=1S/C24H24ClNO3/c1-18-22(25)10-7-11-23(18)26-24(27)19-12-14-21(15-13-19)29-17-6-5-16-28-20-8-3-2-4-9-20/h2-4,7-15H,5-6,16-17H2,1H3,(H,26,27). The number of halogens is 1. The van der Waals surface area contributed by atoms with Crippen LogP contribution in [-0.2, 0) is 0 Å². The van der Waals surface area contributed by atoms with E-state index in [4.69, 9.17) is 21.1 Å². The maximum absolute atomic E-state index is 12.4. The molecule has 0 saturated carbocycles. The van der Waals surface area contributed by atoms with Crippen LogP contribution in [0.15, 0.2) is 72.8 Å². The van der Waals surface area contributed by atoms with Crippen LogP contribution < -0.4 is 14.8 Å². The van der Waals surface area contributed by atoms with Crippen molar-refractivity contribution in [3.8, 4) is 11.5 Å². The molecule has 150 valence electrons. The molecule has 0 atom stereocenters. The average Bonchev–Trinajstić information content (AvgIpc) is 2.75. The highest BCUT2D eigenvalue weighted by atomic mass is 35.5. The number of nitrogens with one attached hydrogen (secondary N) is 1. The van der Waals surface area contributed by atoms with Crippen LogP contribution in [0.25, 0.3) is 0 Å². The van der Waals surface area contributed by atoms with Gasteiger partial charge in [-0.1, -0.05) is 35.9 Å².